The fraction of sp³-hybridized carbons (Fsp3) is 0.429. The molecule has 0 spiro atoms. The number of oxime groups is 1. The Hall–Kier alpha value is -1.59. The van der Waals surface area contributed by atoms with Crippen molar-refractivity contribution in [3.05, 3.63) is 34.9 Å². The van der Waals surface area contributed by atoms with Gasteiger partial charge in [-0.3, -0.25) is 4.79 Å². The highest BCUT2D eigenvalue weighted by Crippen LogP contribution is 2.22. The molecule has 1 heterocycles. The molecule has 0 saturated carbocycles. The van der Waals surface area contributed by atoms with E-state index in [-0.39, 0.29) is 11.9 Å². The molecular weight excluding hydrogens is 280 g/mol. The van der Waals surface area contributed by atoms with Crippen LogP contribution in [0.3, 0.4) is 0 Å². The highest BCUT2D eigenvalue weighted by molar-refractivity contribution is 6.34. The van der Waals surface area contributed by atoms with Gasteiger partial charge in [0.15, 0.2) is 0 Å². The molecule has 1 amide bonds. The van der Waals surface area contributed by atoms with Crippen molar-refractivity contribution in [3.63, 3.8) is 0 Å². The summed E-state index contributed by atoms with van der Waals surface area (Å²) in [5, 5.41) is 7.38. The summed E-state index contributed by atoms with van der Waals surface area (Å²) in [6.45, 7) is 2.32. The highest BCUT2D eigenvalue weighted by atomic mass is 35.5. The van der Waals surface area contributed by atoms with Crippen LogP contribution in [0.4, 0.5) is 0 Å². The molecule has 2 rings (SSSR count). The number of benzene rings is 1. The minimum absolute atomic E-state index is 0.0690. The van der Waals surface area contributed by atoms with Crippen molar-refractivity contribution in [2.75, 3.05) is 13.7 Å². The molecular formula is C14H17ClN2O3. The van der Waals surface area contributed by atoms with Gasteiger partial charge in [0.25, 0.3) is 5.91 Å². The molecule has 1 aliphatic heterocycles. The Morgan fingerprint density at radius 2 is 2.35 bits per heavy atom. The summed E-state index contributed by atoms with van der Waals surface area (Å²) in [4.78, 5) is 17.2. The quantitative estimate of drug-likeness (QED) is 0.904. The first-order valence-electron chi connectivity index (χ1n) is 6.38. The molecule has 2 atom stereocenters. The lowest BCUT2D eigenvalue weighted by molar-refractivity contribution is -0.132. The molecule has 0 unspecified atom stereocenters. The average Bonchev–Trinajstić information content (AvgIpc) is 2.89. The molecule has 5 nitrogen and oxygen atoms in total. The van der Waals surface area contributed by atoms with E-state index in [1.807, 2.05) is 25.1 Å². The first-order chi connectivity index (χ1) is 9.61. The maximum atomic E-state index is 12.0. The number of methoxy groups -OCH3 is 1. The molecule has 0 saturated heterocycles. The van der Waals surface area contributed by atoms with Crippen LogP contribution in [0.15, 0.2) is 29.4 Å². The summed E-state index contributed by atoms with van der Waals surface area (Å²) in [6, 6.07) is 7.29. The van der Waals surface area contributed by atoms with Crippen molar-refractivity contribution in [2.24, 2.45) is 5.16 Å². The van der Waals surface area contributed by atoms with Gasteiger partial charge in [0, 0.05) is 30.2 Å². The van der Waals surface area contributed by atoms with Crippen LogP contribution in [-0.4, -0.2) is 37.5 Å². The van der Waals surface area contributed by atoms with Crippen molar-refractivity contribution < 1.29 is 14.4 Å². The molecule has 1 N–H and O–H groups in total. The van der Waals surface area contributed by atoms with Crippen LogP contribution in [0.1, 0.15) is 18.9 Å². The smallest absolute Gasteiger partial charge is 0.264 e. The highest BCUT2D eigenvalue weighted by Gasteiger charge is 2.30. The Kier molecular flexibility index (Phi) is 4.98. The van der Waals surface area contributed by atoms with Gasteiger partial charge in [-0.25, -0.2) is 0 Å². The molecule has 0 aliphatic carbocycles. The number of nitrogens with one attached hydrogen (secondary N) is 1. The van der Waals surface area contributed by atoms with Crippen LogP contribution >= 0.6 is 11.6 Å². The van der Waals surface area contributed by atoms with Crippen molar-refractivity contribution in [2.45, 2.75) is 25.5 Å². The van der Waals surface area contributed by atoms with E-state index in [9.17, 15) is 4.79 Å². The molecule has 108 valence electrons. The molecule has 1 aromatic carbocycles. The minimum atomic E-state index is -0.611. The van der Waals surface area contributed by atoms with Crippen LogP contribution in [0, 0.1) is 0 Å². The molecule has 20 heavy (non-hydrogen) atoms. The van der Waals surface area contributed by atoms with Crippen LogP contribution in [0.5, 0.6) is 0 Å². The van der Waals surface area contributed by atoms with Gasteiger partial charge in [-0.15, -0.1) is 0 Å². The van der Waals surface area contributed by atoms with Gasteiger partial charge in [0.1, 0.15) is 0 Å². The second-order valence-corrected chi connectivity index (χ2v) is 5.09. The standard InChI is InChI=1S/C14H17ClN2O3/c1-9(8-19-2)16-14(18)13-7-12(17-20-13)10-5-3-4-6-11(10)15/h3-6,9,13H,7-8H2,1-2H3,(H,16,18)/t9-,13-/m1/s1. The number of carbonyl (C=O) groups excluding carboxylic acids is 1. The number of amides is 1. The Bertz CT molecular complexity index is 519. The molecule has 1 aliphatic rings. The zero-order valence-corrected chi connectivity index (χ0v) is 12.2. The zero-order valence-electron chi connectivity index (χ0n) is 11.4. The summed E-state index contributed by atoms with van der Waals surface area (Å²) in [5.41, 5.74) is 1.49. The summed E-state index contributed by atoms with van der Waals surface area (Å²) in [5.74, 6) is -0.194. The van der Waals surface area contributed by atoms with E-state index in [1.54, 1.807) is 13.2 Å². The number of carbonyl (C=O) groups is 1. The van der Waals surface area contributed by atoms with Crippen LogP contribution in [0.2, 0.25) is 5.02 Å². The third-order valence-electron chi connectivity index (χ3n) is 2.95. The third kappa shape index (κ3) is 3.49. The lowest BCUT2D eigenvalue weighted by Crippen LogP contribution is -2.42. The van der Waals surface area contributed by atoms with Crippen LogP contribution in [0.25, 0.3) is 0 Å². The zero-order chi connectivity index (χ0) is 14.5. The van der Waals surface area contributed by atoms with E-state index < -0.39 is 6.10 Å². The van der Waals surface area contributed by atoms with Crippen molar-refractivity contribution in [3.8, 4) is 0 Å². The van der Waals surface area contributed by atoms with E-state index in [0.29, 0.717) is 23.8 Å². The van der Waals surface area contributed by atoms with E-state index in [0.717, 1.165) is 5.56 Å². The molecule has 6 heteroatoms. The maximum absolute atomic E-state index is 12.0. The van der Waals surface area contributed by atoms with Gasteiger partial charge >= 0.3 is 0 Å². The fourth-order valence-corrected chi connectivity index (χ4v) is 2.24. The summed E-state index contributed by atoms with van der Waals surface area (Å²) in [7, 11) is 1.59. The Morgan fingerprint density at radius 3 is 3.05 bits per heavy atom. The Balaban J connectivity index is 1.95. The Morgan fingerprint density at radius 1 is 1.60 bits per heavy atom. The number of ether oxygens (including phenoxy) is 1. The van der Waals surface area contributed by atoms with Crippen molar-refractivity contribution in [1.29, 1.82) is 0 Å². The van der Waals surface area contributed by atoms with Gasteiger partial charge in [-0.2, -0.15) is 0 Å². The summed E-state index contributed by atoms with van der Waals surface area (Å²) < 4.78 is 4.97. The largest absolute Gasteiger partial charge is 0.383 e. The predicted octanol–water partition coefficient (Wildman–Crippen LogP) is 1.98. The second-order valence-electron chi connectivity index (χ2n) is 4.68. The fourth-order valence-electron chi connectivity index (χ4n) is 2.00. The van der Waals surface area contributed by atoms with Crippen LogP contribution in [-0.2, 0) is 14.4 Å². The number of nitrogens with zero attached hydrogens (tertiary/aromatic N) is 1. The van der Waals surface area contributed by atoms with Gasteiger partial charge in [-0.1, -0.05) is 35.0 Å². The van der Waals surface area contributed by atoms with E-state index in [4.69, 9.17) is 21.2 Å². The lowest BCUT2D eigenvalue weighted by atomic mass is 10.0. The first-order valence-corrected chi connectivity index (χ1v) is 6.76. The van der Waals surface area contributed by atoms with Crippen molar-refractivity contribution in [1.82, 2.24) is 5.32 Å². The SMILES string of the molecule is COC[C@@H](C)NC(=O)[C@H]1CC(c2ccccc2Cl)=NO1. The van der Waals surface area contributed by atoms with Crippen LogP contribution < -0.4 is 5.32 Å². The topological polar surface area (TPSA) is 59.9 Å². The lowest BCUT2D eigenvalue weighted by Gasteiger charge is -2.15. The summed E-state index contributed by atoms with van der Waals surface area (Å²) >= 11 is 6.10. The number of rotatable bonds is 5. The number of hydrogen-bond donors (Lipinski definition) is 1. The van der Waals surface area contributed by atoms with E-state index >= 15 is 0 Å². The third-order valence-corrected chi connectivity index (χ3v) is 3.28. The molecule has 0 aromatic heterocycles. The maximum Gasteiger partial charge on any atom is 0.264 e. The average molecular weight is 297 g/mol. The summed E-state index contributed by atoms with van der Waals surface area (Å²) in [6.07, 6.45) is -0.199. The first kappa shape index (κ1) is 14.8. The monoisotopic (exact) mass is 296 g/mol. The molecule has 0 bridgehead atoms. The van der Waals surface area contributed by atoms with Gasteiger partial charge in [0.2, 0.25) is 6.10 Å². The van der Waals surface area contributed by atoms with Gasteiger partial charge in [0.05, 0.1) is 12.3 Å². The Labute approximate surface area is 122 Å². The minimum Gasteiger partial charge on any atom is -0.383 e. The molecule has 1 aromatic rings. The second kappa shape index (κ2) is 6.72. The van der Waals surface area contributed by atoms with Gasteiger partial charge in [-0.05, 0) is 13.0 Å². The van der Waals surface area contributed by atoms with Crippen molar-refractivity contribution >= 4 is 23.2 Å². The number of halogens is 1. The van der Waals surface area contributed by atoms with E-state index in [1.165, 1.54) is 0 Å². The molecule has 0 radical (unpaired) electrons. The number of hydrogen-bond acceptors (Lipinski definition) is 4. The predicted molar refractivity (Wildman–Crippen MR) is 77.0 cm³/mol. The van der Waals surface area contributed by atoms with Gasteiger partial charge < -0.3 is 14.9 Å². The molecule has 0 fully saturated rings. The van der Waals surface area contributed by atoms with E-state index in [2.05, 4.69) is 10.5 Å². The normalized spacial score (nSPS) is 19.1.